The molecule has 1 atom stereocenters. The van der Waals surface area contributed by atoms with Crippen LogP contribution < -0.4 is 10.6 Å². The molecule has 1 unspecified atom stereocenters. The summed E-state index contributed by atoms with van der Waals surface area (Å²) in [6.07, 6.45) is 0. The number of carbonyl (C=O) groups excluding carboxylic acids is 1. The Hall–Kier alpha value is -2.02. The van der Waals surface area contributed by atoms with Gasteiger partial charge in [0, 0.05) is 11.9 Å². The second-order valence-electron chi connectivity index (χ2n) is 4.43. The summed E-state index contributed by atoms with van der Waals surface area (Å²) < 4.78 is 0. The molecule has 2 heterocycles. The zero-order valence-electron chi connectivity index (χ0n) is 11.9. The maximum atomic E-state index is 12.1. The standard InChI is InChI=1S/C13H17N5OS/c1-7-12(20-9(3)15-7)8(2)16-13(19)10-5-6-11(14-4)18-17-10/h5-6,8H,1-4H3,(H,14,18)(H,16,19). The molecular weight excluding hydrogens is 274 g/mol. The van der Waals surface area contributed by atoms with Gasteiger partial charge in [-0.1, -0.05) is 0 Å². The van der Waals surface area contributed by atoms with Gasteiger partial charge in [0.25, 0.3) is 5.91 Å². The van der Waals surface area contributed by atoms with E-state index >= 15 is 0 Å². The molecule has 1 amide bonds. The van der Waals surface area contributed by atoms with Crippen LogP contribution in [0, 0.1) is 13.8 Å². The third-order valence-electron chi connectivity index (χ3n) is 2.83. The summed E-state index contributed by atoms with van der Waals surface area (Å²) in [4.78, 5) is 17.5. The summed E-state index contributed by atoms with van der Waals surface area (Å²) in [5.74, 6) is 0.390. The number of nitrogens with zero attached hydrogens (tertiary/aromatic N) is 3. The minimum atomic E-state index is -0.238. The molecule has 7 heteroatoms. The van der Waals surface area contributed by atoms with Gasteiger partial charge < -0.3 is 10.6 Å². The predicted molar refractivity (Wildman–Crippen MR) is 79.0 cm³/mol. The zero-order chi connectivity index (χ0) is 14.7. The van der Waals surface area contributed by atoms with Gasteiger partial charge in [-0.15, -0.1) is 21.5 Å². The van der Waals surface area contributed by atoms with Crippen molar-refractivity contribution in [3.05, 3.63) is 33.4 Å². The third-order valence-corrected chi connectivity index (χ3v) is 4.09. The van der Waals surface area contributed by atoms with E-state index in [1.54, 1.807) is 30.5 Å². The number of nitrogens with one attached hydrogen (secondary N) is 2. The monoisotopic (exact) mass is 291 g/mol. The fourth-order valence-electron chi connectivity index (χ4n) is 1.87. The van der Waals surface area contributed by atoms with Gasteiger partial charge in [0.2, 0.25) is 0 Å². The van der Waals surface area contributed by atoms with Crippen LogP contribution in [-0.2, 0) is 0 Å². The van der Waals surface area contributed by atoms with E-state index in [2.05, 4.69) is 25.8 Å². The highest BCUT2D eigenvalue weighted by atomic mass is 32.1. The van der Waals surface area contributed by atoms with Gasteiger partial charge in [-0.25, -0.2) is 4.98 Å². The first-order valence-corrected chi connectivity index (χ1v) is 7.09. The highest BCUT2D eigenvalue weighted by Gasteiger charge is 2.17. The SMILES string of the molecule is CNc1ccc(C(=O)NC(C)c2sc(C)nc2C)nn1. The van der Waals surface area contributed by atoms with Crippen LogP contribution >= 0.6 is 11.3 Å². The number of aromatic nitrogens is 3. The maximum Gasteiger partial charge on any atom is 0.272 e. The van der Waals surface area contributed by atoms with Crippen LogP contribution in [0.2, 0.25) is 0 Å². The maximum absolute atomic E-state index is 12.1. The first-order valence-electron chi connectivity index (χ1n) is 6.27. The van der Waals surface area contributed by atoms with E-state index in [0.717, 1.165) is 15.6 Å². The minimum Gasteiger partial charge on any atom is -0.372 e. The summed E-state index contributed by atoms with van der Waals surface area (Å²) in [5.41, 5.74) is 1.26. The van der Waals surface area contributed by atoms with Crippen LogP contribution in [0.5, 0.6) is 0 Å². The first kappa shape index (κ1) is 14.4. The van der Waals surface area contributed by atoms with E-state index in [0.29, 0.717) is 11.5 Å². The number of hydrogen-bond donors (Lipinski definition) is 2. The number of carbonyl (C=O) groups is 1. The molecule has 2 N–H and O–H groups in total. The summed E-state index contributed by atoms with van der Waals surface area (Å²) in [6, 6.07) is 3.26. The number of anilines is 1. The molecule has 0 bridgehead atoms. The Morgan fingerprint density at radius 2 is 2.05 bits per heavy atom. The van der Waals surface area contributed by atoms with Gasteiger partial charge in [0.1, 0.15) is 5.82 Å². The van der Waals surface area contributed by atoms with Crippen molar-refractivity contribution >= 4 is 23.1 Å². The van der Waals surface area contributed by atoms with Crippen LogP contribution in [0.4, 0.5) is 5.82 Å². The van der Waals surface area contributed by atoms with Gasteiger partial charge in [-0.3, -0.25) is 4.79 Å². The van der Waals surface area contributed by atoms with Gasteiger partial charge in [0.15, 0.2) is 5.69 Å². The zero-order valence-corrected chi connectivity index (χ0v) is 12.7. The largest absolute Gasteiger partial charge is 0.372 e. The summed E-state index contributed by atoms with van der Waals surface area (Å²) >= 11 is 1.59. The molecule has 6 nitrogen and oxygen atoms in total. The summed E-state index contributed by atoms with van der Waals surface area (Å²) in [7, 11) is 1.75. The lowest BCUT2D eigenvalue weighted by Gasteiger charge is -2.12. The van der Waals surface area contributed by atoms with E-state index < -0.39 is 0 Å². The summed E-state index contributed by atoms with van der Waals surface area (Å²) in [6.45, 7) is 5.84. The third kappa shape index (κ3) is 3.11. The van der Waals surface area contributed by atoms with Crippen molar-refractivity contribution < 1.29 is 4.79 Å². The van der Waals surface area contributed by atoms with E-state index in [9.17, 15) is 4.79 Å². The normalized spacial score (nSPS) is 12.0. The molecule has 2 aromatic rings. The molecule has 106 valence electrons. The average molecular weight is 291 g/mol. The summed E-state index contributed by atoms with van der Waals surface area (Å²) in [5, 5.41) is 14.5. The van der Waals surface area contributed by atoms with Gasteiger partial charge >= 0.3 is 0 Å². The van der Waals surface area contributed by atoms with Gasteiger partial charge in [-0.2, -0.15) is 0 Å². The molecule has 0 aliphatic heterocycles. The van der Waals surface area contributed by atoms with Crippen molar-refractivity contribution in [1.82, 2.24) is 20.5 Å². The molecule has 0 spiro atoms. The number of rotatable bonds is 4. The van der Waals surface area contributed by atoms with Crippen LogP contribution in [-0.4, -0.2) is 28.1 Å². The van der Waals surface area contributed by atoms with Gasteiger partial charge in [0.05, 0.1) is 16.7 Å². The molecule has 0 fully saturated rings. The molecule has 0 aliphatic rings. The molecule has 0 saturated carbocycles. The van der Waals surface area contributed by atoms with Crippen molar-refractivity contribution in [2.75, 3.05) is 12.4 Å². The number of aryl methyl sites for hydroxylation is 2. The molecule has 0 radical (unpaired) electrons. The molecule has 0 aromatic carbocycles. The van der Waals surface area contributed by atoms with Crippen molar-refractivity contribution in [2.24, 2.45) is 0 Å². The predicted octanol–water partition coefficient (Wildman–Crippen LogP) is 2.08. The quantitative estimate of drug-likeness (QED) is 0.901. The second-order valence-corrected chi connectivity index (χ2v) is 5.67. The van der Waals surface area contributed by atoms with E-state index in [-0.39, 0.29) is 11.9 Å². The topological polar surface area (TPSA) is 79.8 Å². The number of hydrogen-bond acceptors (Lipinski definition) is 6. The van der Waals surface area contributed by atoms with E-state index in [1.807, 2.05) is 20.8 Å². The Bertz CT molecular complexity index is 608. The highest BCUT2D eigenvalue weighted by molar-refractivity contribution is 7.11. The Balaban J connectivity index is 2.08. The van der Waals surface area contributed by atoms with Crippen molar-refractivity contribution in [2.45, 2.75) is 26.8 Å². The van der Waals surface area contributed by atoms with Crippen molar-refractivity contribution in [3.63, 3.8) is 0 Å². The molecule has 0 saturated heterocycles. The Morgan fingerprint density at radius 1 is 1.30 bits per heavy atom. The molecular formula is C13H17N5OS. The lowest BCUT2D eigenvalue weighted by atomic mass is 10.2. The highest BCUT2D eigenvalue weighted by Crippen LogP contribution is 2.24. The first-order chi connectivity index (χ1) is 9.51. The van der Waals surface area contributed by atoms with Crippen LogP contribution in [0.3, 0.4) is 0 Å². The fourth-order valence-corrected chi connectivity index (χ4v) is 2.80. The van der Waals surface area contributed by atoms with Crippen LogP contribution in [0.1, 0.15) is 39.0 Å². The molecule has 20 heavy (non-hydrogen) atoms. The molecule has 0 aliphatic carbocycles. The van der Waals surface area contributed by atoms with Crippen molar-refractivity contribution in [1.29, 1.82) is 0 Å². The Morgan fingerprint density at radius 3 is 2.55 bits per heavy atom. The number of amides is 1. The van der Waals surface area contributed by atoms with Crippen molar-refractivity contribution in [3.8, 4) is 0 Å². The van der Waals surface area contributed by atoms with Crippen LogP contribution in [0.15, 0.2) is 12.1 Å². The Kier molecular flexibility index (Phi) is 4.29. The van der Waals surface area contributed by atoms with Crippen LogP contribution in [0.25, 0.3) is 0 Å². The smallest absolute Gasteiger partial charge is 0.272 e. The lowest BCUT2D eigenvalue weighted by Crippen LogP contribution is -2.27. The van der Waals surface area contributed by atoms with Gasteiger partial charge in [-0.05, 0) is 32.9 Å². The lowest BCUT2D eigenvalue weighted by molar-refractivity contribution is 0.0934. The second kappa shape index (κ2) is 5.96. The van der Waals surface area contributed by atoms with E-state index in [4.69, 9.17) is 0 Å². The molecule has 2 aromatic heterocycles. The fraction of sp³-hybridized carbons (Fsp3) is 0.385. The van der Waals surface area contributed by atoms with E-state index in [1.165, 1.54) is 0 Å². The Labute approximate surface area is 121 Å². The minimum absolute atomic E-state index is 0.0977. The average Bonchev–Trinajstić information content (AvgIpc) is 2.78. The number of thiazole rings is 1. The molecule has 2 rings (SSSR count).